The molecule has 31 heavy (non-hydrogen) atoms. The summed E-state index contributed by atoms with van der Waals surface area (Å²) in [7, 11) is -4.05. The van der Waals surface area contributed by atoms with Crippen molar-refractivity contribution in [3.05, 3.63) is 66.2 Å². The topological polar surface area (TPSA) is 102 Å². The highest BCUT2D eigenvalue weighted by molar-refractivity contribution is 7.91. The fraction of sp³-hybridized carbons (Fsp3) is 0.227. The highest BCUT2D eigenvalue weighted by Gasteiger charge is 2.72. The Labute approximate surface area is 183 Å². The van der Waals surface area contributed by atoms with Gasteiger partial charge < -0.3 is 14.6 Å². The zero-order valence-corrected chi connectivity index (χ0v) is 18.1. The van der Waals surface area contributed by atoms with Crippen LogP contribution in [0.15, 0.2) is 64.9 Å². The summed E-state index contributed by atoms with van der Waals surface area (Å²) in [6, 6.07) is 17.7. The molecule has 1 fully saturated rings. The molecule has 2 aromatic carbocycles. The zero-order chi connectivity index (χ0) is 21.9. The number of benzene rings is 2. The molecule has 1 aliphatic heterocycles. The Morgan fingerprint density at radius 2 is 1.81 bits per heavy atom. The van der Waals surface area contributed by atoms with Crippen molar-refractivity contribution in [2.24, 2.45) is 0 Å². The lowest BCUT2D eigenvalue weighted by atomic mass is 9.93. The van der Waals surface area contributed by atoms with Crippen molar-refractivity contribution in [1.29, 1.82) is 0 Å². The van der Waals surface area contributed by atoms with Gasteiger partial charge in [0, 0.05) is 10.3 Å². The minimum atomic E-state index is -4.05. The first-order chi connectivity index (χ1) is 14.8. The van der Waals surface area contributed by atoms with E-state index in [2.05, 4.69) is 4.72 Å². The number of thiophene rings is 1. The van der Waals surface area contributed by atoms with Crippen molar-refractivity contribution in [2.75, 3.05) is 6.79 Å². The first-order valence-electron chi connectivity index (χ1n) is 9.58. The standard InChI is InChI=1S/C22H19NO6S2/c1-21(15-5-3-2-4-6-15)12-22(21,20(24)25)23-31(26,27)19-10-9-18(30-19)14-7-8-16-17(11-14)29-13-28-16/h2-11,23H,12-13H2,1H3,(H,24,25)/t21-,22-/m1/s1. The molecule has 2 heterocycles. The highest BCUT2D eigenvalue weighted by Crippen LogP contribution is 2.58. The van der Waals surface area contributed by atoms with Crippen LogP contribution in [0, 0.1) is 0 Å². The molecule has 2 atom stereocenters. The third-order valence-corrected chi connectivity index (χ3v) is 9.14. The lowest BCUT2D eigenvalue weighted by Gasteiger charge is -2.20. The minimum absolute atomic E-state index is 0.0584. The first-order valence-corrected chi connectivity index (χ1v) is 11.9. The van der Waals surface area contributed by atoms with E-state index in [1.165, 1.54) is 6.07 Å². The Hall–Kier alpha value is -2.88. The van der Waals surface area contributed by atoms with Crippen LogP contribution in [0.1, 0.15) is 18.9 Å². The van der Waals surface area contributed by atoms with E-state index in [4.69, 9.17) is 9.47 Å². The fourth-order valence-electron chi connectivity index (χ4n) is 4.09. The summed E-state index contributed by atoms with van der Waals surface area (Å²) in [6.45, 7) is 1.93. The number of carbonyl (C=O) groups is 1. The van der Waals surface area contributed by atoms with Crippen LogP contribution >= 0.6 is 11.3 Å². The van der Waals surface area contributed by atoms with Crippen LogP contribution in [0.25, 0.3) is 10.4 Å². The molecular formula is C22H19NO6S2. The molecule has 7 nitrogen and oxygen atoms in total. The van der Waals surface area contributed by atoms with Gasteiger partial charge in [0.2, 0.25) is 6.79 Å². The summed E-state index contributed by atoms with van der Waals surface area (Å²) in [5.74, 6) is 0.0667. The summed E-state index contributed by atoms with van der Waals surface area (Å²) in [4.78, 5) is 12.9. The molecular weight excluding hydrogens is 438 g/mol. The van der Waals surface area contributed by atoms with Gasteiger partial charge in [-0.15, -0.1) is 11.3 Å². The van der Waals surface area contributed by atoms with Crippen molar-refractivity contribution < 1.29 is 27.8 Å². The third kappa shape index (κ3) is 3.12. The maximum Gasteiger partial charge on any atom is 0.325 e. The molecule has 3 aromatic rings. The average molecular weight is 458 g/mol. The molecule has 2 N–H and O–H groups in total. The van der Waals surface area contributed by atoms with Gasteiger partial charge in [0.25, 0.3) is 10.0 Å². The molecule has 0 saturated heterocycles. The van der Waals surface area contributed by atoms with Gasteiger partial charge in [0.05, 0.1) is 0 Å². The quantitative estimate of drug-likeness (QED) is 0.586. The average Bonchev–Trinajstić information content (AvgIpc) is 3.17. The maximum atomic E-state index is 13.1. The van der Waals surface area contributed by atoms with Crippen LogP contribution in [0.4, 0.5) is 0 Å². The van der Waals surface area contributed by atoms with Gasteiger partial charge in [-0.2, -0.15) is 4.72 Å². The van der Waals surface area contributed by atoms with Gasteiger partial charge in [-0.25, -0.2) is 8.42 Å². The van der Waals surface area contributed by atoms with Gasteiger partial charge in [0.1, 0.15) is 9.75 Å². The number of fused-ring (bicyclic) bond motifs is 1. The third-order valence-electron chi connectivity index (χ3n) is 6.02. The summed E-state index contributed by atoms with van der Waals surface area (Å²) in [5.41, 5.74) is -0.836. The molecule has 0 unspecified atom stereocenters. The second-order valence-electron chi connectivity index (χ2n) is 7.88. The molecule has 5 rings (SSSR count). The SMILES string of the molecule is C[C@]1(c2ccccc2)C[C@@]1(NS(=O)(=O)c1ccc(-c2ccc3c(c2)OCO3)s1)C(=O)O. The largest absolute Gasteiger partial charge is 0.480 e. The number of carboxylic acid groups (broad SMARTS) is 1. The monoisotopic (exact) mass is 457 g/mol. The molecule has 1 aliphatic carbocycles. The number of carboxylic acids is 1. The van der Waals surface area contributed by atoms with Gasteiger partial charge in [-0.1, -0.05) is 37.3 Å². The van der Waals surface area contributed by atoms with E-state index >= 15 is 0 Å². The van der Waals surface area contributed by atoms with E-state index in [0.717, 1.165) is 27.3 Å². The Balaban J connectivity index is 1.44. The first kappa shape index (κ1) is 20.0. The number of hydrogen-bond donors (Lipinski definition) is 2. The summed E-state index contributed by atoms with van der Waals surface area (Å²) >= 11 is 1.07. The molecule has 1 saturated carbocycles. The van der Waals surface area contributed by atoms with Gasteiger partial charge in [-0.05, 0) is 47.9 Å². The summed E-state index contributed by atoms with van der Waals surface area (Å²) in [6.07, 6.45) is 0.180. The van der Waals surface area contributed by atoms with Crippen LogP contribution in [-0.2, 0) is 20.2 Å². The minimum Gasteiger partial charge on any atom is -0.480 e. The Morgan fingerprint density at radius 3 is 2.55 bits per heavy atom. The number of hydrogen-bond acceptors (Lipinski definition) is 6. The van der Waals surface area contributed by atoms with Crippen LogP contribution in [0.5, 0.6) is 11.5 Å². The number of rotatable bonds is 6. The predicted molar refractivity (Wildman–Crippen MR) is 115 cm³/mol. The zero-order valence-electron chi connectivity index (χ0n) is 16.5. The predicted octanol–water partition coefficient (Wildman–Crippen LogP) is 3.61. The molecule has 9 heteroatoms. The van der Waals surface area contributed by atoms with Crippen molar-refractivity contribution in [3.63, 3.8) is 0 Å². The van der Waals surface area contributed by atoms with E-state index in [9.17, 15) is 18.3 Å². The van der Waals surface area contributed by atoms with Crippen LogP contribution in [-0.4, -0.2) is 31.8 Å². The van der Waals surface area contributed by atoms with Crippen LogP contribution < -0.4 is 14.2 Å². The molecule has 0 bridgehead atoms. The molecule has 2 aliphatic rings. The van der Waals surface area contributed by atoms with E-state index in [1.54, 1.807) is 25.1 Å². The van der Waals surface area contributed by atoms with Gasteiger partial charge >= 0.3 is 5.97 Å². The van der Waals surface area contributed by atoms with Gasteiger partial charge in [-0.3, -0.25) is 4.79 Å². The lowest BCUT2D eigenvalue weighted by Crippen LogP contribution is -2.47. The molecule has 0 spiro atoms. The van der Waals surface area contributed by atoms with Crippen molar-refractivity contribution in [1.82, 2.24) is 4.72 Å². The number of nitrogens with one attached hydrogen (secondary N) is 1. The molecule has 0 radical (unpaired) electrons. The van der Waals surface area contributed by atoms with E-state index in [1.807, 2.05) is 36.4 Å². The van der Waals surface area contributed by atoms with Crippen molar-refractivity contribution >= 4 is 27.3 Å². The van der Waals surface area contributed by atoms with Crippen LogP contribution in [0.2, 0.25) is 0 Å². The smallest absolute Gasteiger partial charge is 0.325 e. The number of ether oxygens (including phenoxy) is 2. The summed E-state index contributed by atoms with van der Waals surface area (Å²) < 4.78 is 39.5. The lowest BCUT2D eigenvalue weighted by molar-refractivity contribution is -0.140. The number of sulfonamides is 1. The second-order valence-corrected chi connectivity index (χ2v) is 10.9. The van der Waals surface area contributed by atoms with E-state index < -0.39 is 26.9 Å². The van der Waals surface area contributed by atoms with Crippen molar-refractivity contribution in [3.8, 4) is 21.9 Å². The van der Waals surface area contributed by atoms with E-state index in [0.29, 0.717) is 11.5 Å². The summed E-state index contributed by atoms with van der Waals surface area (Å²) in [5, 5.41) is 9.93. The number of aliphatic carboxylic acids is 1. The maximum absolute atomic E-state index is 13.1. The molecule has 1 aromatic heterocycles. The Morgan fingerprint density at radius 1 is 1.06 bits per heavy atom. The van der Waals surface area contributed by atoms with Crippen molar-refractivity contribution in [2.45, 2.75) is 28.5 Å². The Kier molecular flexibility index (Phi) is 4.40. The highest BCUT2D eigenvalue weighted by atomic mass is 32.2. The van der Waals surface area contributed by atoms with Crippen LogP contribution in [0.3, 0.4) is 0 Å². The second kappa shape index (κ2) is 6.81. The normalized spacial score (nSPS) is 24.2. The van der Waals surface area contributed by atoms with E-state index in [-0.39, 0.29) is 17.4 Å². The fourth-order valence-corrected chi connectivity index (χ4v) is 6.85. The Bertz CT molecular complexity index is 1290. The van der Waals surface area contributed by atoms with Gasteiger partial charge in [0.15, 0.2) is 11.5 Å². The molecule has 0 amide bonds. The molecule has 160 valence electrons.